The molecule has 0 fully saturated rings. The Balaban J connectivity index is 2.21. The van der Waals surface area contributed by atoms with Crippen molar-refractivity contribution in [2.24, 2.45) is 5.73 Å². The van der Waals surface area contributed by atoms with Gasteiger partial charge in [0, 0.05) is 16.3 Å². The van der Waals surface area contributed by atoms with E-state index in [-0.39, 0.29) is 5.66 Å². The molecule has 2 N–H and O–H groups in total. The molecular weight excluding hydrogens is 289 g/mol. The Hall–Kier alpha value is -2.31. The molecule has 2 nitrogen and oxygen atoms in total. The zero-order valence-corrected chi connectivity index (χ0v) is 13.1. The zero-order chi connectivity index (χ0) is 15.4. The van der Waals surface area contributed by atoms with Gasteiger partial charge in [-0.1, -0.05) is 78.9 Å². The lowest BCUT2D eigenvalue weighted by Gasteiger charge is -2.24. The van der Waals surface area contributed by atoms with Crippen LogP contribution in [0.1, 0.15) is 0 Å². The average molecular weight is 307 g/mol. The lowest BCUT2D eigenvalue weighted by atomic mass is 10.3. The molecule has 1 aliphatic rings. The Bertz CT molecular complexity index is 732. The van der Waals surface area contributed by atoms with Gasteiger partial charge in [0.05, 0.1) is 5.66 Å². The van der Waals surface area contributed by atoms with Crippen LogP contribution in [0.5, 0.6) is 0 Å². The Morgan fingerprint density at radius 3 is 1.91 bits per heavy atom. The molecule has 2 aromatic rings. The van der Waals surface area contributed by atoms with Crippen molar-refractivity contribution in [2.75, 3.05) is 0 Å². The molecule has 1 unspecified atom stereocenters. The maximum atomic E-state index is 14.1. The molecule has 0 amide bonds. The third-order valence-electron chi connectivity index (χ3n) is 3.77. The third kappa shape index (κ3) is 2.70. The minimum atomic E-state index is -2.85. The minimum absolute atomic E-state index is 0.243. The van der Waals surface area contributed by atoms with E-state index in [0.717, 1.165) is 10.6 Å². The van der Waals surface area contributed by atoms with Crippen molar-refractivity contribution in [1.29, 1.82) is 0 Å². The molecule has 3 rings (SSSR count). The van der Waals surface area contributed by atoms with E-state index >= 15 is 0 Å². The topological polar surface area (TPSA) is 43.1 Å². The van der Waals surface area contributed by atoms with Gasteiger partial charge in [-0.2, -0.15) is 0 Å². The summed E-state index contributed by atoms with van der Waals surface area (Å²) in [6.07, 6.45) is 9.49. The number of hydrogen-bond acceptors (Lipinski definition) is 2. The number of rotatable bonds is 3. The van der Waals surface area contributed by atoms with Crippen LogP contribution in [-0.4, -0.2) is 5.66 Å². The van der Waals surface area contributed by atoms with Crippen molar-refractivity contribution in [3.63, 3.8) is 0 Å². The van der Waals surface area contributed by atoms with Crippen LogP contribution < -0.4 is 16.3 Å². The number of hydrogen-bond donors (Lipinski definition) is 1. The summed E-state index contributed by atoms with van der Waals surface area (Å²) in [6.45, 7) is 0. The molecule has 22 heavy (non-hydrogen) atoms. The van der Waals surface area contributed by atoms with E-state index in [2.05, 4.69) is 0 Å². The highest BCUT2D eigenvalue weighted by atomic mass is 31.2. The summed E-state index contributed by atoms with van der Waals surface area (Å²) in [5, 5.41) is 1.70. The van der Waals surface area contributed by atoms with Gasteiger partial charge in [-0.05, 0) is 12.2 Å². The van der Waals surface area contributed by atoms with Crippen LogP contribution in [0.3, 0.4) is 0 Å². The smallest absolute Gasteiger partial charge is 0.153 e. The summed E-state index contributed by atoms with van der Waals surface area (Å²) in [6, 6.07) is 19.3. The summed E-state index contributed by atoms with van der Waals surface area (Å²) in [5.41, 5.74) is 6.39. The lowest BCUT2D eigenvalue weighted by Crippen LogP contribution is -2.24. The molecule has 0 aliphatic heterocycles. The Morgan fingerprint density at radius 2 is 1.36 bits per heavy atom. The van der Waals surface area contributed by atoms with Gasteiger partial charge in [-0.3, -0.25) is 0 Å². The van der Waals surface area contributed by atoms with Crippen LogP contribution in [0.2, 0.25) is 0 Å². The van der Waals surface area contributed by atoms with Crippen LogP contribution >= 0.6 is 7.14 Å². The van der Waals surface area contributed by atoms with E-state index in [1.165, 1.54) is 0 Å². The second-order valence-electron chi connectivity index (χ2n) is 5.23. The van der Waals surface area contributed by atoms with Crippen molar-refractivity contribution in [2.45, 2.75) is 5.66 Å². The number of nitrogens with two attached hydrogens (primary N) is 1. The molecule has 0 bridgehead atoms. The maximum Gasteiger partial charge on any atom is 0.153 e. The summed E-state index contributed by atoms with van der Waals surface area (Å²) in [7, 11) is -2.85. The SMILES string of the molecule is NC1=CC(P(=O)(c2ccccc2)c2ccccc2)C=CC=C1. The highest BCUT2D eigenvalue weighted by molar-refractivity contribution is 7.79. The first-order valence-electron chi connectivity index (χ1n) is 7.24. The number of benzene rings is 2. The van der Waals surface area contributed by atoms with Gasteiger partial charge in [0.1, 0.15) is 0 Å². The monoisotopic (exact) mass is 307 g/mol. The van der Waals surface area contributed by atoms with E-state index in [9.17, 15) is 4.57 Å². The van der Waals surface area contributed by atoms with Gasteiger partial charge in [0.15, 0.2) is 7.14 Å². The van der Waals surface area contributed by atoms with Crippen molar-refractivity contribution in [1.82, 2.24) is 0 Å². The predicted octanol–water partition coefficient (Wildman–Crippen LogP) is 3.34. The first-order chi connectivity index (χ1) is 10.7. The van der Waals surface area contributed by atoms with Gasteiger partial charge < -0.3 is 10.3 Å². The Kier molecular flexibility index (Phi) is 4.13. The maximum absolute atomic E-state index is 14.1. The first kappa shape index (κ1) is 14.6. The quantitative estimate of drug-likeness (QED) is 0.884. The van der Waals surface area contributed by atoms with Gasteiger partial charge in [-0.15, -0.1) is 0 Å². The fraction of sp³-hybridized carbons (Fsp3) is 0.0526. The van der Waals surface area contributed by atoms with Gasteiger partial charge >= 0.3 is 0 Å². The van der Waals surface area contributed by atoms with Crippen LogP contribution in [0.15, 0.2) is 96.7 Å². The van der Waals surface area contributed by atoms with E-state index in [0.29, 0.717) is 5.70 Å². The average Bonchev–Trinajstić information content (AvgIpc) is 2.80. The Labute approximate surface area is 131 Å². The lowest BCUT2D eigenvalue weighted by molar-refractivity contribution is 0.585. The van der Waals surface area contributed by atoms with Gasteiger partial charge in [0.2, 0.25) is 0 Å². The van der Waals surface area contributed by atoms with Crippen molar-refractivity contribution < 1.29 is 4.57 Å². The summed E-state index contributed by atoms with van der Waals surface area (Å²) in [4.78, 5) is 0. The second kappa shape index (κ2) is 6.21. The molecule has 1 aliphatic carbocycles. The number of allylic oxidation sites excluding steroid dienone is 5. The van der Waals surface area contributed by atoms with E-state index in [1.54, 1.807) is 0 Å². The molecule has 0 saturated carbocycles. The van der Waals surface area contributed by atoms with Crippen molar-refractivity contribution in [3.05, 3.63) is 96.7 Å². The normalized spacial score (nSPS) is 17.8. The van der Waals surface area contributed by atoms with Crippen molar-refractivity contribution >= 4 is 17.8 Å². The molecule has 0 spiro atoms. The first-order valence-corrected chi connectivity index (χ1v) is 9.02. The summed E-state index contributed by atoms with van der Waals surface area (Å²) in [5.74, 6) is 0. The van der Waals surface area contributed by atoms with Crippen LogP contribution in [0.4, 0.5) is 0 Å². The van der Waals surface area contributed by atoms with Gasteiger partial charge in [-0.25, -0.2) is 0 Å². The highest BCUT2D eigenvalue weighted by Gasteiger charge is 2.34. The summed E-state index contributed by atoms with van der Waals surface area (Å²) >= 11 is 0. The molecule has 0 heterocycles. The fourth-order valence-electron chi connectivity index (χ4n) is 2.67. The molecule has 1 atom stereocenters. The standard InChI is InChI=1S/C19H18NOP/c20-16-9-7-8-14-19(15-16)22(21,17-10-3-1-4-11-17)18-12-5-2-6-13-18/h1-15,19H,20H2. The molecule has 0 aromatic heterocycles. The molecule has 110 valence electrons. The van der Waals surface area contributed by atoms with E-state index in [4.69, 9.17) is 5.73 Å². The largest absolute Gasteiger partial charge is 0.399 e. The predicted molar refractivity (Wildman–Crippen MR) is 94.1 cm³/mol. The van der Waals surface area contributed by atoms with Crippen molar-refractivity contribution in [3.8, 4) is 0 Å². The van der Waals surface area contributed by atoms with Crippen LogP contribution in [0.25, 0.3) is 0 Å². The zero-order valence-electron chi connectivity index (χ0n) is 12.2. The highest BCUT2D eigenvalue weighted by Crippen LogP contribution is 2.50. The molecular formula is C19H18NOP. The van der Waals surface area contributed by atoms with E-state index in [1.807, 2.05) is 91.0 Å². The fourth-order valence-corrected chi connectivity index (χ4v) is 5.61. The van der Waals surface area contributed by atoms with Crippen LogP contribution in [-0.2, 0) is 4.57 Å². The molecule has 0 saturated heterocycles. The minimum Gasteiger partial charge on any atom is -0.399 e. The third-order valence-corrected chi connectivity index (χ3v) is 7.06. The summed E-state index contributed by atoms with van der Waals surface area (Å²) < 4.78 is 14.1. The Morgan fingerprint density at radius 1 is 0.818 bits per heavy atom. The second-order valence-corrected chi connectivity index (χ2v) is 8.18. The van der Waals surface area contributed by atoms with Crippen LogP contribution in [0, 0.1) is 0 Å². The van der Waals surface area contributed by atoms with Gasteiger partial charge in [0.25, 0.3) is 0 Å². The van der Waals surface area contributed by atoms with E-state index < -0.39 is 7.14 Å². The molecule has 0 radical (unpaired) electrons. The molecule has 3 heteroatoms. The molecule has 2 aromatic carbocycles.